The molecule has 0 aliphatic rings. The summed E-state index contributed by atoms with van der Waals surface area (Å²) in [6, 6.07) is 7.45. The zero-order valence-electron chi connectivity index (χ0n) is 8.67. The van der Waals surface area contributed by atoms with E-state index >= 15 is 0 Å². The molecule has 0 aliphatic carbocycles. The van der Waals surface area contributed by atoms with Crippen molar-refractivity contribution in [3.63, 3.8) is 0 Å². The van der Waals surface area contributed by atoms with E-state index in [-0.39, 0.29) is 10.4 Å². The number of fused-ring (bicyclic) bond motifs is 1. The van der Waals surface area contributed by atoms with Gasteiger partial charge in [0, 0.05) is 0 Å². The molecule has 8 heteroatoms. The van der Waals surface area contributed by atoms with E-state index < -0.39 is 0 Å². The van der Waals surface area contributed by atoms with Crippen molar-refractivity contribution in [2.75, 3.05) is 0 Å². The Hall–Kier alpha value is -1.37. The summed E-state index contributed by atoms with van der Waals surface area (Å²) in [7, 11) is 0. The molecule has 2 aromatic heterocycles. The van der Waals surface area contributed by atoms with Gasteiger partial charge in [-0.1, -0.05) is 23.7 Å². The molecule has 5 nitrogen and oxygen atoms in total. The highest BCUT2D eigenvalue weighted by molar-refractivity contribution is 7.99. The van der Waals surface area contributed by atoms with Crippen molar-refractivity contribution in [3.8, 4) is 0 Å². The Morgan fingerprint density at radius 3 is 2.72 bits per heavy atom. The highest BCUT2D eigenvalue weighted by atomic mass is 35.5. The molecule has 0 radical (unpaired) electrons. The fourth-order valence-corrected chi connectivity index (χ4v) is 2.39. The molecule has 0 fully saturated rings. The Morgan fingerprint density at radius 2 is 1.89 bits per heavy atom. The Bertz CT molecular complexity index is 685. The second kappa shape index (κ2) is 4.72. The molecule has 0 N–H and O–H groups in total. The van der Waals surface area contributed by atoms with Crippen LogP contribution >= 0.6 is 35.0 Å². The quantitative estimate of drug-likeness (QED) is 0.722. The maximum Gasteiger partial charge on any atom is 0.263 e. The van der Waals surface area contributed by atoms with Crippen LogP contribution in [0.2, 0.25) is 10.4 Å². The van der Waals surface area contributed by atoms with Gasteiger partial charge in [0.2, 0.25) is 5.28 Å². The minimum absolute atomic E-state index is 0.0259. The first-order chi connectivity index (χ1) is 8.72. The average Bonchev–Trinajstić information content (AvgIpc) is 2.76. The van der Waals surface area contributed by atoms with Crippen LogP contribution < -0.4 is 0 Å². The molecule has 2 heterocycles. The summed E-state index contributed by atoms with van der Waals surface area (Å²) in [5.41, 5.74) is 1.47. The molecule has 0 bridgehead atoms. The van der Waals surface area contributed by atoms with Gasteiger partial charge in [0.05, 0.1) is 0 Å². The number of hydrogen-bond acceptors (Lipinski definition) is 6. The van der Waals surface area contributed by atoms with Gasteiger partial charge in [0.1, 0.15) is 10.5 Å². The van der Waals surface area contributed by atoms with Gasteiger partial charge in [-0.15, -0.1) is 10.2 Å². The summed E-state index contributed by atoms with van der Waals surface area (Å²) < 4.78 is 5.53. The van der Waals surface area contributed by atoms with Crippen molar-refractivity contribution >= 4 is 46.1 Å². The number of halogens is 2. The van der Waals surface area contributed by atoms with E-state index in [0.717, 1.165) is 17.3 Å². The van der Waals surface area contributed by atoms with Crippen molar-refractivity contribution < 1.29 is 4.42 Å². The molecular formula is C10H4Cl2N4OS. The van der Waals surface area contributed by atoms with Gasteiger partial charge in [0.25, 0.3) is 5.22 Å². The van der Waals surface area contributed by atoms with Crippen LogP contribution in [0.4, 0.5) is 0 Å². The standard InChI is InChI=1S/C10H4Cl2N4OS/c11-7-8(14-9(12)16-15-7)18-10-13-5-3-1-2-4-6(5)17-10/h1-4H. The lowest BCUT2D eigenvalue weighted by atomic mass is 10.3. The molecule has 90 valence electrons. The molecule has 3 rings (SSSR count). The van der Waals surface area contributed by atoms with Crippen molar-refractivity contribution in [2.24, 2.45) is 0 Å². The first kappa shape index (κ1) is 11.7. The van der Waals surface area contributed by atoms with Gasteiger partial charge in [-0.05, 0) is 35.5 Å². The predicted octanol–water partition coefficient (Wildman–Crippen LogP) is 3.47. The van der Waals surface area contributed by atoms with Crippen LogP contribution in [0.25, 0.3) is 11.1 Å². The summed E-state index contributed by atoms with van der Waals surface area (Å²) >= 11 is 12.7. The second-order valence-electron chi connectivity index (χ2n) is 3.23. The van der Waals surface area contributed by atoms with Gasteiger partial charge in [-0.3, -0.25) is 0 Å². The van der Waals surface area contributed by atoms with Crippen LogP contribution in [0.1, 0.15) is 0 Å². The van der Waals surface area contributed by atoms with E-state index in [9.17, 15) is 0 Å². The molecule has 0 atom stereocenters. The molecule has 18 heavy (non-hydrogen) atoms. The number of oxazole rings is 1. The van der Waals surface area contributed by atoms with Gasteiger partial charge in [-0.2, -0.15) is 0 Å². The van der Waals surface area contributed by atoms with Gasteiger partial charge in [0.15, 0.2) is 10.7 Å². The van der Waals surface area contributed by atoms with Crippen LogP contribution in [0.15, 0.2) is 38.9 Å². The zero-order valence-corrected chi connectivity index (χ0v) is 11.0. The van der Waals surface area contributed by atoms with E-state index in [1.807, 2.05) is 24.3 Å². The lowest BCUT2D eigenvalue weighted by molar-refractivity contribution is 0.489. The average molecular weight is 299 g/mol. The predicted molar refractivity (Wildman–Crippen MR) is 68.0 cm³/mol. The number of benzene rings is 1. The first-order valence-corrected chi connectivity index (χ1v) is 6.39. The highest BCUT2D eigenvalue weighted by Gasteiger charge is 2.13. The van der Waals surface area contributed by atoms with Crippen molar-refractivity contribution in [2.45, 2.75) is 10.2 Å². The first-order valence-electron chi connectivity index (χ1n) is 4.81. The summed E-state index contributed by atoms with van der Waals surface area (Å²) in [5.74, 6) is 0. The third-order valence-corrected chi connectivity index (χ3v) is 3.40. The van der Waals surface area contributed by atoms with E-state index in [4.69, 9.17) is 27.6 Å². The smallest absolute Gasteiger partial charge is 0.263 e. The summed E-state index contributed by atoms with van der Waals surface area (Å²) in [4.78, 5) is 8.25. The van der Waals surface area contributed by atoms with Crippen LogP contribution in [-0.4, -0.2) is 20.2 Å². The molecule has 0 amide bonds. The summed E-state index contributed by atoms with van der Waals surface area (Å²) in [5, 5.41) is 8.21. The fraction of sp³-hybridized carbons (Fsp3) is 0. The molecule has 3 aromatic rings. The topological polar surface area (TPSA) is 64.7 Å². The minimum atomic E-state index is 0.0259. The SMILES string of the molecule is Clc1nnc(Cl)c(Sc2nc3ccccc3o2)n1. The highest BCUT2D eigenvalue weighted by Crippen LogP contribution is 2.32. The number of hydrogen-bond donors (Lipinski definition) is 0. The van der Waals surface area contributed by atoms with Crippen molar-refractivity contribution in [1.82, 2.24) is 20.2 Å². The Balaban J connectivity index is 1.98. The van der Waals surface area contributed by atoms with E-state index in [2.05, 4.69) is 20.2 Å². The third kappa shape index (κ3) is 2.27. The maximum absolute atomic E-state index is 5.86. The minimum Gasteiger partial charge on any atom is -0.431 e. The van der Waals surface area contributed by atoms with Gasteiger partial charge >= 0.3 is 0 Å². The van der Waals surface area contributed by atoms with Gasteiger partial charge in [-0.25, -0.2) is 9.97 Å². The Kier molecular flexibility index (Phi) is 3.07. The second-order valence-corrected chi connectivity index (χ2v) is 4.86. The molecule has 0 saturated carbocycles. The normalized spacial score (nSPS) is 11.0. The van der Waals surface area contributed by atoms with E-state index in [1.165, 1.54) is 0 Å². The largest absolute Gasteiger partial charge is 0.431 e. The zero-order chi connectivity index (χ0) is 12.5. The number of aromatic nitrogens is 4. The molecule has 0 spiro atoms. The van der Waals surface area contributed by atoms with E-state index in [0.29, 0.717) is 15.8 Å². The van der Waals surface area contributed by atoms with E-state index in [1.54, 1.807) is 0 Å². The van der Waals surface area contributed by atoms with Gasteiger partial charge < -0.3 is 4.42 Å². The lowest BCUT2D eigenvalue weighted by Crippen LogP contribution is -1.91. The van der Waals surface area contributed by atoms with Crippen molar-refractivity contribution in [3.05, 3.63) is 34.7 Å². The molecule has 0 aliphatic heterocycles. The molecule has 0 saturated heterocycles. The van der Waals surface area contributed by atoms with Crippen LogP contribution in [-0.2, 0) is 0 Å². The number of nitrogens with zero attached hydrogens (tertiary/aromatic N) is 4. The fourth-order valence-electron chi connectivity index (χ4n) is 1.32. The van der Waals surface area contributed by atoms with Crippen LogP contribution in [0, 0.1) is 0 Å². The molecule has 1 aromatic carbocycles. The summed E-state index contributed by atoms with van der Waals surface area (Å²) in [6.45, 7) is 0. The Labute approximate surface area is 116 Å². The third-order valence-electron chi connectivity index (χ3n) is 2.05. The number of para-hydroxylation sites is 2. The monoisotopic (exact) mass is 298 g/mol. The lowest BCUT2D eigenvalue weighted by Gasteiger charge is -1.97. The number of rotatable bonds is 2. The molecule has 0 unspecified atom stereocenters. The van der Waals surface area contributed by atoms with Crippen molar-refractivity contribution in [1.29, 1.82) is 0 Å². The maximum atomic E-state index is 5.86. The Morgan fingerprint density at radius 1 is 1.06 bits per heavy atom. The molecular weight excluding hydrogens is 295 g/mol. The van der Waals surface area contributed by atoms with Crippen LogP contribution in [0.3, 0.4) is 0 Å². The summed E-state index contributed by atoms with van der Waals surface area (Å²) in [6.07, 6.45) is 0. The van der Waals surface area contributed by atoms with Crippen LogP contribution in [0.5, 0.6) is 0 Å².